The van der Waals surface area contributed by atoms with Crippen LogP contribution in [0.15, 0.2) is 24.3 Å². The highest BCUT2D eigenvalue weighted by Crippen LogP contribution is 2.20. The minimum absolute atomic E-state index is 0.728. The van der Waals surface area contributed by atoms with E-state index in [1.165, 1.54) is 30.3 Å². The van der Waals surface area contributed by atoms with E-state index in [0.717, 1.165) is 24.7 Å². The number of hydrogen-bond acceptors (Lipinski definition) is 2. The Balaban J connectivity index is 1.89. The lowest BCUT2D eigenvalue weighted by Crippen LogP contribution is -2.32. The van der Waals surface area contributed by atoms with Gasteiger partial charge in [0.15, 0.2) is 0 Å². The van der Waals surface area contributed by atoms with Crippen molar-refractivity contribution >= 4 is 10.9 Å². The first-order chi connectivity index (χ1) is 8.34. The molecule has 2 aromatic rings. The summed E-state index contributed by atoms with van der Waals surface area (Å²) in [7, 11) is 0. The summed E-state index contributed by atoms with van der Waals surface area (Å²) in [6.07, 6.45) is 2.61. The molecule has 1 N–H and O–H groups in total. The van der Waals surface area contributed by atoms with Crippen molar-refractivity contribution < 1.29 is 0 Å². The minimum Gasteiger partial charge on any atom is -0.316 e. The van der Waals surface area contributed by atoms with Gasteiger partial charge >= 0.3 is 0 Å². The number of rotatable bonds is 2. The predicted octanol–water partition coefficient (Wildman–Crippen LogP) is 2.34. The molecule has 0 radical (unpaired) electrons. The molecule has 1 aliphatic heterocycles. The summed E-state index contributed by atoms with van der Waals surface area (Å²) in [6, 6.07) is 8.52. The molecule has 1 unspecified atom stereocenters. The number of para-hydroxylation sites is 1. The van der Waals surface area contributed by atoms with Crippen LogP contribution in [0.1, 0.15) is 18.5 Å². The summed E-state index contributed by atoms with van der Waals surface area (Å²) in [6.45, 7) is 5.45. The Morgan fingerprint density at radius 3 is 3.12 bits per heavy atom. The number of piperidine rings is 1. The summed E-state index contributed by atoms with van der Waals surface area (Å²) < 4.78 is 2.18. The second-order valence-corrected chi connectivity index (χ2v) is 5.00. The third-order valence-electron chi connectivity index (χ3n) is 3.67. The molecule has 1 atom stereocenters. The minimum atomic E-state index is 0.728. The van der Waals surface area contributed by atoms with Crippen LogP contribution < -0.4 is 5.32 Å². The molecule has 0 amide bonds. The van der Waals surface area contributed by atoms with E-state index in [0.29, 0.717) is 0 Å². The Morgan fingerprint density at radius 1 is 1.41 bits per heavy atom. The lowest BCUT2D eigenvalue weighted by molar-refractivity contribution is 0.329. The fourth-order valence-corrected chi connectivity index (χ4v) is 2.76. The highest BCUT2D eigenvalue weighted by molar-refractivity contribution is 5.81. The molecule has 0 spiro atoms. The van der Waals surface area contributed by atoms with Crippen molar-refractivity contribution in [3.05, 3.63) is 30.0 Å². The zero-order chi connectivity index (χ0) is 11.7. The molecule has 1 aliphatic rings. The SMILES string of the molecule is Cc1nn(CC2CCCNC2)c2ccccc12. The van der Waals surface area contributed by atoms with E-state index in [1.54, 1.807) is 0 Å². The topological polar surface area (TPSA) is 29.9 Å². The Morgan fingerprint density at radius 2 is 2.29 bits per heavy atom. The second-order valence-electron chi connectivity index (χ2n) is 5.00. The van der Waals surface area contributed by atoms with Crippen LogP contribution in [0.2, 0.25) is 0 Å². The van der Waals surface area contributed by atoms with Crippen molar-refractivity contribution in [2.45, 2.75) is 26.3 Å². The number of benzene rings is 1. The lowest BCUT2D eigenvalue weighted by atomic mass is 10.00. The summed E-state index contributed by atoms with van der Waals surface area (Å²) in [5.41, 5.74) is 2.42. The van der Waals surface area contributed by atoms with Gasteiger partial charge in [-0.1, -0.05) is 18.2 Å². The molecule has 1 fully saturated rings. The number of hydrogen-bond donors (Lipinski definition) is 1. The highest BCUT2D eigenvalue weighted by atomic mass is 15.3. The van der Waals surface area contributed by atoms with Crippen LogP contribution in [0.4, 0.5) is 0 Å². The zero-order valence-electron chi connectivity index (χ0n) is 10.3. The van der Waals surface area contributed by atoms with Crippen LogP contribution in [0.25, 0.3) is 10.9 Å². The summed E-state index contributed by atoms with van der Waals surface area (Å²) >= 11 is 0. The van der Waals surface area contributed by atoms with Crippen LogP contribution in [-0.4, -0.2) is 22.9 Å². The van der Waals surface area contributed by atoms with E-state index in [4.69, 9.17) is 0 Å². The molecule has 90 valence electrons. The molecule has 0 aliphatic carbocycles. The quantitative estimate of drug-likeness (QED) is 0.856. The fraction of sp³-hybridized carbons (Fsp3) is 0.500. The first kappa shape index (κ1) is 10.8. The van der Waals surface area contributed by atoms with Gasteiger partial charge in [-0.05, 0) is 44.8 Å². The Hall–Kier alpha value is -1.35. The monoisotopic (exact) mass is 229 g/mol. The Bertz CT molecular complexity index is 509. The van der Waals surface area contributed by atoms with E-state index in [9.17, 15) is 0 Å². The van der Waals surface area contributed by atoms with Gasteiger partial charge in [0.25, 0.3) is 0 Å². The van der Waals surface area contributed by atoms with Crippen LogP contribution in [-0.2, 0) is 6.54 Å². The van der Waals surface area contributed by atoms with E-state index in [-0.39, 0.29) is 0 Å². The first-order valence-corrected chi connectivity index (χ1v) is 6.47. The standard InChI is InChI=1S/C14H19N3/c1-11-13-6-2-3-7-14(13)17(16-11)10-12-5-4-8-15-9-12/h2-3,6-7,12,15H,4-5,8-10H2,1H3. The number of aryl methyl sites for hydroxylation is 1. The molecule has 3 rings (SSSR count). The molecule has 0 bridgehead atoms. The summed E-state index contributed by atoms with van der Waals surface area (Å²) in [5, 5.41) is 9.43. The summed E-state index contributed by atoms with van der Waals surface area (Å²) in [5.74, 6) is 0.728. The van der Waals surface area contributed by atoms with Gasteiger partial charge in [0.2, 0.25) is 0 Å². The Labute approximate surface area is 102 Å². The van der Waals surface area contributed by atoms with Crippen molar-refractivity contribution in [2.75, 3.05) is 13.1 Å². The van der Waals surface area contributed by atoms with Crippen molar-refractivity contribution in [3.63, 3.8) is 0 Å². The van der Waals surface area contributed by atoms with Crippen molar-refractivity contribution in [1.29, 1.82) is 0 Å². The zero-order valence-corrected chi connectivity index (χ0v) is 10.3. The highest BCUT2D eigenvalue weighted by Gasteiger charge is 2.15. The average Bonchev–Trinajstić information content (AvgIpc) is 2.69. The van der Waals surface area contributed by atoms with Gasteiger partial charge < -0.3 is 5.32 Å². The van der Waals surface area contributed by atoms with E-state index < -0.39 is 0 Å². The largest absolute Gasteiger partial charge is 0.316 e. The molecule has 2 heterocycles. The molecule has 17 heavy (non-hydrogen) atoms. The van der Waals surface area contributed by atoms with E-state index >= 15 is 0 Å². The second kappa shape index (κ2) is 4.49. The van der Waals surface area contributed by atoms with Crippen LogP contribution in [0, 0.1) is 12.8 Å². The third kappa shape index (κ3) is 2.07. The lowest BCUT2D eigenvalue weighted by Gasteiger charge is -2.22. The maximum Gasteiger partial charge on any atom is 0.0685 e. The smallest absolute Gasteiger partial charge is 0.0685 e. The Kier molecular flexibility index (Phi) is 2.85. The average molecular weight is 229 g/mol. The van der Waals surface area contributed by atoms with Gasteiger partial charge in [-0.2, -0.15) is 5.10 Å². The maximum absolute atomic E-state index is 4.67. The van der Waals surface area contributed by atoms with Gasteiger partial charge in [-0.15, -0.1) is 0 Å². The number of nitrogens with zero attached hydrogens (tertiary/aromatic N) is 2. The van der Waals surface area contributed by atoms with Gasteiger partial charge in [0.05, 0.1) is 11.2 Å². The van der Waals surface area contributed by atoms with Gasteiger partial charge in [0.1, 0.15) is 0 Å². The molecule has 1 saturated heterocycles. The molecule has 3 nitrogen and oxygen atoms in total. The van der Waals surface area contributed by atoms with Crippen LogP contribution in [0.3, 0.4) is 0 Å². The molecule has 1 aromatic carbocycles. The van der Waals surface area contributed by atoms with Crippen molar-refractivity contribution in [1.82, 2.24) is 15.1 Å². The number of fused-ring (bicyclic) bond motifs is 1. The number of nitrogens with one attached hydrogen (secondary N) is 1. The fourth-order valence-electron chi connectivity index (χ4n) is 2.76. The molecule has 0 saturated carbocycles. The first-order valence-electron chi connectivity index (χ1n) is 6.47. The molecule has 1 aromatic heterocycles. The van der Waals surface area contributed by atoms with E-state index in [2.05, 4.69) is 46.3 Å². The third-order valence-corrected chi connectivity index (χ3v) is 3.67. The molecule has 3 heteroatoms. The molecular weight excluding hydrogens is 210 g/mol. The predicted molar refractivity (Wildman–Crippen MR) is 70.1 cm³/mol. The number of aromatic nitrogens is 2. The van der Waals surface area contributed by atoms with Gasteiger partial charge in [0, 0.05) is 11.9 Å². The van der Waals surface area contributed by atoms with Crippen LogP contribution in [0.5, 0.6) is 0 Å². The van der Waals surface area contributed by atoms with Crippen molar-refractivity contribution in [2.24, 2.45) is 5.92 Å². The van der Waals surface area contributed by atoms with Gasteiger partial charge in [-0.3, -0.25) is 4.68 Å². The van der Waals surface area contributed by atoms with Crippen molar-refractivity contribution in [3.8, 4) is 0 Å². The van der Waals surface area contributed by atoms with E-state index in [1.807, 2.05) is 0 Å². The normalized spacial score (nSPS) is 20.9. The maximum atomic E-state index is 4.67. The van der Waals surface area contributed by atoms with Gasteiger partial charge in [-0.25, -0.2) is 0 Å². The van der Waals surface area contributed by atoms with Crippen LogP contribution >= 0.6 is 0 Å². The molecular formula is C14H19N3. The summed E-state index contributed by atoms with van der Waals surface area (Å²) in [4.78, 5) is 0.